The molecule has 5 N–H and O–H groups in total. The smallest absolute Gasteiger partial charge is 0.187 e. The fourth-order valence-electron chi connectivity index (χ4n) is 4.10. The summed E-state index contributed by atoms with van der Waals surface area (Å²) in [5, 5.41) is 49.9. The van der Waals surface area contributed by atoms with Crippen LogP contribution in [0.3, 0.4) is 0 Å². The van der Waals surface area contributed by atoms with Crippen molar-refractivity contribution in [2.45, 2.75) is 89.9 Å². The van der Waals surface area contributed by atoms with Crippen LogP contribution >= 0.6 is 0 Å². The standard InChI is InChI=1S/C19H32O8/c1-9(21)5-6-11-10(2)17(12(22)7-19(11,3)4)27-18-16(25)15(24)14(23)13(8-20)26-18/h12-18,20,22-25H,5-8H2,1-4H3/t12?,13-,14-,15+,16-,17?,18+/m1/s1. The maximum absolute atomic E-state index is 11.4. The molecule has 0 bridgehead atoms. The summed E-state index contributed by atoms with van der Waals surface area (Å²) >= 11 is 0. The highest BCUT2D eigenvalue weighted by Crippen LogP contribution is 2.44. The second kappa shape index (κ2) is 8.65. The highest BCUT2D eigenvalue weighted by atomic mass is 16.7. The maximum Gasteiger partial charge on any atom is 0.187 e. The van der Waals surface area contributed by atoms with Crippen molar-refractivity contribution in [2.24, 2.45) is 5.41 Å². The van der Waals surface area contributed by atoms with E-state index >= 15 is 0 Å². The molecule has 0 saturated carbocycles. The van der Waals surface area contributed by atoms with Gasteiger partial charge in [0.15, 0.2) is 6.29 Å². The summed E-state index contributed by atoms with van der Waals surface area (Å²) in [6.45, 7) is 6.79. The highest BCUT2D eigenvalue weighted by molar-refractivity contribution is 5.75. The van der Waals surface area contributed by atoms with Gasteiger partial charge in [-0.2, -0.15) is 0 Å². The van der Waals surface area contributed by atoms with Crippen molar-refractivity contribution in [3.05, 3.63) is 11.1 Å². The number of allylic oxidation sites excluding steroid dienone is 1. The van der Waals surface area contributed by atoms with Crippen molar-refractivity contribution >= 4 is 5.78 Å². The molecule has 0 aromatic heterocycles. The van der Waals surface area contributed by atoms with E-state index in [4.69, 9.17) is 9.47 Å². The van der Waals surface area contributed by atoms with Crippen LogP contribution in [0.2, 0.25) is 0 Å². The van der Waals surface area contributed by atoms with E-state index in [1.54, 1.807) is 0 Å². The lowest BCUT2D eigenvalue weighted by Crippen LogP contribution is -2.60. The molecule has 0 amide bonds. The summed E-state index contributed by atoms with van der Waals surface area (Å²) in [5.74, 6) is 0.0728. The predicted octanol–water partition coefficient (Wildman–Crippen LogP) is -0.352. The molecule has 0 radical (unpaired) electrons. The first-order valence-corrected chi connectivity index (χ1v) is 9.33. The van der Waals surface area contributed by atoms with Crippen LogP contribution in [0.5, 0.6) is 0 Å². The van der Waals surface area contributed by atoms with Crippen molar-refractivity contribution in [2.75, 3.05) is 6.61 Å². The van der Waals surface area contributed by atoms with Gasteiger partial charge in [-0.1, -0.05) is 19.4 Å². The van der Waals surface area contributed by atoms with E-state index in [-0.39, 0.29) is 11.2 Å². The van der Waals surface area contributed by atoms with Gasteiger partial charge >= 0.3 is 0 Å². The quantitative estimate of drug-likeness (QED) is 0.390. The average molecular weight is 388 g/mol. The van der Waals surface area contributed by atoms with Crippen LogP contribution in [0.25, 0.3) is 0 Å². The number of hydrogen-bond donors (Lipinski definition) is 5. The molecule has 1 saturated heterocycles. The minimum Gasteiger partial charge on any atom is -0.394 e. The van der Waals surface area contributed by atoms with Crippen molar-refractivity contribution in [3.8, 4) is 0 Å². The summed E-state index contributed by atoms with van der Waals surface area (Å²) in [5.41, 5.74) is 1.46. The van der Waals surface area contributed by atoms with E-state index in [2.05, 4.69) is 0 Å². The molecule has 0 aromatic carbocycles. The molecule has 2 aliphatic rings. The summed E-state index contributed by atoms with van der Waals surface area (Å²) in [4.78, 5) is 11.4. The first kappa shape index (κ1) is 22.4. The van der Waals surface area contributed by atoms with Gasteiger partial charge in [-0.05, 0) is 37.7 Å². The van der Waals surface area contributed by atoms with Gasteiger partial charge in [-0.3, -0.25) is 0 Å². The lowest BCUT2D eigenvalue weighted by Gasteiger charge is -2.45. The first-order valence-electron chi connectivity index (χ1n) is 9.33. The number of carbonyl (C=O) groups excluding carboxylic acids is 1. The van der Waals surface area contributed by atoms with Gasteiger partial charge in [0.2, 0.25) is 0 Å². The van der Waals surface area contributed by atoms with Crippen LogP contribution in [0.15, 0.2) is 11.1 Å². The molecule has 8 nitrogen and oxygen atoms in total. The van der Waals surface area contributed by atoms with E-state index in [1.807, 2.05) is 20.8 Å². The number of Topliss-reactive ketones (excluding diaryl/α,β-unsaturated/α-hetero) is 1. The monoisotopic (exact) mass is 388 g/mol. The number of ketones is 1. The molecule has 1 heterocycles. The lowest BCUT2D eigenvalue weighted by molar-refractivity contribution is -0.314. The number of hydrogen-bond acceptors (Lipinski definition) is 8. The lowest BCUT2D eigenvalue weighted by atomic mass is 9.69. The molecule has 1 aliphatic carbocycles. The first-order chi connectivity index (χ1) is 12.5. The molecule has 2 rings (SSSR count). The van der Waals surface area contributed by atoms with Crippen LogP contribution in [0.4, 0.5) is 0 Å². The van der Waals surface area contributed by atoms with Gasteiger partial charge in [-0.15, -0.1) is 0 Å². The normalized spacial score (nSPS) is 39.5. The van der Waals surface area contributed by atoms with Crippen molar-refractivity contribution in [1.82, 2.24) is 0 Å². The largest absolute Gasteiger partial charge is 0.394 e. The fraction of sp³-hybridized carbons (Fsp3) is 0.842. The molecule has 0 aromatic rings. The van der Waals surface area contributed by atoms with Gasteiger partial charge in [0.25, 0.3) is 0 Å². The molecule has 7 atom stereocenters. The minimum atomic E-state index is -1.54. The van der Waals surface area contributed by atoms with Crippen molar-refractivity contribution in [3.63, 3.8) is 0 Å². The summed E-state index contributed by atoms with van der Waals surface area (Å²) < 4.78 is 11.2. The van der Waals surface area contributed by atoms with Gasteiger partial charge in [-0.25, -0.2) is 0 Å². The van der Waals surface area contributed by atoms with E-state index in [0.717, 1.165) is 11.1 Å². The molecule has 0 spiro atoms. The maximum atomic E-state index is 11.4. The fourth-order valence-corrected chi connectivity index (χ4v) is 4.10. The van der Waals surface area contributed by atoms with Crippen LogP contribution in [-0.4, -0.2) is 80.8 Å². The second-order valence-electron chi connectivity index (χ2n) is 8.27. The molecule has 2 unspecified atom stereocenters. The number of aliphatic hydroxyl groups excluding tert-OH is 5. The third-order valence-electron chi connectivity index (χ3n) is 5.64. The van der Waals surface area contributed by atoms with Crippen LogP contribution in [0.1, 0.15) is 47.0 Å². The van der Waals surface area contributed by atoms with Crippen LogP contribution in [-0.2, 0) is 14.3 Å². The second-order valence-corrected chi connectivity index (χ2v) is 8.27. The third-order valence-corrected chi connectivity index (χ3v) is 5.64. The van der Waals surface area contributed by atoms with Gasteiger partial charge in [0, 0.05) is 6.42 Å². The zero-order valence-electron chi connectivity index (χ0n) is 16.3. The Morgan fingerprint density at radius 2 is 1.81 bits per heavy atom. The number of ether oxygens (including phenoxy) is 2. The predicted molar refractivity (Wildman–Crippen MR) is 95.7 cm³/mol. The molecule has 156 valence electrons. The topological polar surface area (TPSA) is 137 Å². The Bertz CT molecular complexity index is 570. The van der Waals surface area contributed by atoms with E-state index in [9.17, 15) is 30.3 Å². The Labute approximate surface area is 159 Å². The van der Waals surface area contributed by atoms with E-state index in [0.29, 0.717) is 19.3 Å². The van der Waals surface area contributed by atoms with Gasteiger partial charge < -0.3 is 39.8 Å². The molecular formula is C19H32O8. The zero-order valence-corrected chi connectivity index (χ0v) is 16.3. The summed E-state index contributed by atoms with van der Waals surface area (Å²) in [7, 11) is 0. The molecular weight excluding hydrogens is 356 g/mol. The summed E-state index contributed by atoms with van der Waals surface area (Å²) in [6.07, 6.45) is -7.25. The Kier molecular flexibility index (Phi) is 7.18. The Morgan fingerprint density at radius 1 is 1.19 bits per heavy atom. The Hall–Kier alpha value is -0.870. The van der Waals surface area contributed by atoms with Gasteiger partial charge in [0.1, 0.15) is 36.3 Å². The van der Waals surface area contributed by atoms with Crippen molar-refractivity contribution in [1.29, 1.82) is 0 Å². The number of rotatable bonds is 6. The molecule has 1 aliphatic heterocycles. The zero-order chi connectivity index (χ0) is 20.5. The van der Waals surface area contributed by atoms with Crippen LogP contribution < -0.4 is 0 Å². The minimum absolute atomic E-state index is 0.0728. The number of aliphatic hydroxyl groups is 5. The van der Waals surface area contributed by atoms with E-state index < -0.39 is 49.5 Å². The number of carbonyl (C=O) groups is 1. The van der Waals surface area contributed by atoms with Gasteiger partial charge in [0.05, 0.1) is 12.7 Å². The Balaban J connectivity index is 2.25. The highest BCUT2D eigenvalue weighted by Gasteiger charge is 2.47. The molecule has 8 heteroatoms. The summed E-state index contributed by atoms with van der Waals surface area (Å²) in [6, 6.07) is 0. The SMILES string of the molecule is CC(=O)CCC1=C(C)C(O[C@@H]2O[C@H](CO)[C@@H](O)[C@H](O)[C@H]2O)C(O)CC1(C)C. The van der Waals surface area contributed by atoms with E-state index in [1.165, 1.54) is 6.92 Å². The third kappa shape index (κ3) is 4.76. The molecule has 1 fully saturated rings. The van der Waals surface area contributed by atoms with Crippen molar-refractivity contribution < 1.29 is 39.8 Å². The average Bonchev–Trinajstić information content (AvgIpc) is 2.57. The molecule has 27 heavy (non-hydrogen) atoms. The Morgan fingerprint density at radius 3 is 2.37 bits per heavy atom. The van der Waals surface area contributed by atoms with Crippen LogP contribution in [0, 0.1) is 5.41 Å².